The molecular weight excluding hydrogens is 572 g/mol. The largest absolute Gasteiger partial charge is 0.457 e. The monoisotopic (exact) mass is 612 g/mol. The number of ether oxygens (including phenoxy) is 2. The molecule has 46 heavy (non-hydrogen) atoms. The molecule has 0 bridgehead atoms. The van der Waals surface area contributed by atoms with Crippen molar-refractivity contribution in [2.24, 2.45) is 0 Å². The molecule has 0 amide bonds. The van der Waals surface area contributed by atoms with E-state index in [2.05, 4.69) is 34.1 Å². The van der Waals surface area contributed by atoms with Crippen molar-refractivity contribution in [2.45, 2.75) is 60.5 Å². The SMILES string of the molecule is Cc1cc(C)cc(C(=O)OCc2ccc(CN(Cc3ccc(COC(=O)c4cc(C)cc(C)c4)cc3)Cc3ccccn3)cc2)c1. The number of carbonyl (C=O) groups is 2. The molecule has 0 spiro atoms. The van der Waals surface area contributed by atoms with Gasteiger partial charge in [0, 0.05) is 25.8 Å². The Morgan fingerprint density at radius 2 is 0.957 bits per heavy atom. The molecule has 1 heterocycles. The number of pyridine rings is 1. The van der Waals surface area contributed by atoms with Crippen molar-refractivity contribution in [2.75, 3.05) is 0 Å². The van der Waals surface area contributed by atoms with Crippen molar-refractivity contribution in [3.8, 4) is 0 Å². The van der Waals surface area contributed by atoms with Crippen LogP contribution in [0, 0.1) is 27.7 Å². The van der Waals surface area contributed by atoms with Gasteiger partial charge in [-0.25, -0.2) is 9.59 Å². The minimum Gasteiger partial charge on any atom is -0.457 e. The van der Waals surface area contributed by atoms with E-state index < -0.39 is 0 Å². The summed E-state index contributed by atoms with van der Waals surface area (Å²) in [6.07, 6.45) is 1.82. The summed E-state index contributed by atoms with van der Waals surface area (Å²) in [7, 11) is 0. The molecular formula is C40H40N2O4. The number of aryl methyl sites for hydroxylation is 4. The zero-order valence-electron chi connectivity index (χ0n) is 27.0. The fourth-order valence-corrected chi connectivity index (χ4v) is 5.54. The van der Waals surface area contributed by atoms with Crippen LogP contribution in [0.15, 0.2) is 109 Å². The van der Waals surface area contributed by atoms with E-state index in [0.29, 0.717) is 30.8 Å². The Morgan fingerprint density at radius 3 is 1.35 bits per heavy atom. The third-order valence-corrected chi connectivity index (χ3v) is 7.62. The molecule has 0 aliphatic carbocycles. The Labute approximate surface area is 271 Å². The maximum atomic E-state index is 12.6. The van der Waals surface area contributed by atoms with Crippen LogP contribution in [-0.4, -0.2) is 21.8 Å². The van der Waals surface area contributed by atoms with Crippen LogP contribution < -0.4 is 0 Å². The predicted octanol–water partition coefficient (Wildman–Crippen LogP) is 8.23. The van der Waals surface area contributed by atoms with Gasteiger partial charge in [0.1, 0.15) is 13.2 Å². The highest BCUT2D eigenvalue weighted by Gasteiger charge is 2.13. The molecule has 0 saturated heterocycles. The van der Waals surface area contributed by atoms with Crippen molar-refractivity contribution in [3.05, 3.63) is 171 Å². The van der Waals surface area contributed by atoms with Crippen LogP contribution in [-0.2, 0) is 42.3 Å². The van der Waals surface area contributed by atoms with Crippen molar-refractivity contribution in [1.29, 1.82) is 0 Å². The summed E-state index contributed by atoms with van der Waals surface area (Å²) in [5, 5.41) is 0. The van der Waals surface area contributed by atoms with Gasteiger partial charge in [0.2, 0.25) is 0 Å². The number of esters is 2. The molecule has 234 valence electrons. The number of nitrogens with zero attached hydrogens (tertiary/aromatic N) is 2. The third-order valence-electron chi connectivity index (χ3n) is 7.62. The molecule has 6 nitrogen and oxygen atoms in total. The average molecular weight is 613 g/mol. The molecule has 0 N–H and O–H groups in total. The maximum absolute atomic E-state index is 12.6. The van der Waals surface area contributed by atoms with Gasteiger partial charge in [0.25, 0.3) is 0 Å². The van der Waals surface area contributed by atoms with E-state index in [9.17, 15) is 9.59 Å². The van der Waals surface area contributed by atoms with Crippen LogP contribution in [0.5, 0.6) is 0 Å². The summed E-state index contributed by atoms with van der Waals surface area (Å²) in [6.45, 7) is 10.5. The fraction of sp³-hybridized carbons (Fsp3) is 0.225. The first kappa shape index (κ1) is 32.3. The van der Waals surface area contributed by atoms with Gasteiger partial charge in [-0.1, -0.05) is 89.0 Å². The number of carbonyl (C=O) groups excluding carboxylic acids is 2. The molecule has 1 aromatic heterocycles. The number of hydrogen-bond donors (Lipinski definition) is 0. The zero-order valence-corrected chi connectivity index (χ0v) is 27.0. The minimum atomic E-state index is -0.317. The van der Waals surface area contributed by atoms with Gasteiger partial charge in [0.15, 0.2) is 0 Å². The predicted molar refractivity (Wildman–Crippen MR) is 180 cm³/mol. The van der Waals surface area contributed by atoms with Gasteiger partial charge >= 0.3 is 11.9 Å². The minimum absolute atomic E-state index is 0.218. The molecule has 6 heteroatoms. The molecule has 5 aromatic rings. The molecule has 4 aromatic carbocycles. The second-order valence-electron chi connectivity index (χ2n) is 12.0. The second-order valence-corrected chi connectivity index (χ2v) is 12.0. The first-order valence-electron chi connectivity index (χ1n) is 15.5. The summed E-state index contributed by atoms with van der Waals surface area (Å²) < 4.78 is 11.2. The molecule has 0 radical (unpaired) electrons. The summed E-state index contributed by atoms with van der Waals surface area (Å²) in [5.74, 6) is -0.633. The number of rotatable bonds is 12. The quantitative estimate of drug-likeness (QED) is 0.132. The lowest BCUT2D eigenvalue weighted by Gasteiger charge is -2.22. The van der Waals surface area contributed by atoms with Gasteiger partial charge < -0.3 is 9.47 Å². The first-order chi connectivity index (χ1) is 22.2. The highest BCUT2D eigenvalue weighted by Crippen LogP contribution is 2.17. The molecule has 0 fully saturated rings. The summed E-state index contributed by atoms with van der Waals surface area (Å²) in [6, 6.07) is 33.8. The second kappa shape index (κ2) is 15.3. The summed E-state index contributed by atoms with van der Waals surface area (Å²) in [4.78, 5) is 32.1. The fourth-order valence-electron chi connectivity index (χ4n) is 5.54. The van der Waals surface area contributed by atoms with Crippen LogP contribution in [0.2, 0.25) is 0 Å². The van der Waals surface area contributed by atoms with Crippen LogP contribution >= 0.6 is 0 Å². The Morgan fingerprint density at radius 1 is 0.543 bits per heavy atom. The molecule has 0 aliphatic heterocycles. The molecule has 5 rings (SSSR count). The highest BCUT2D eigenvalue weighted by molar-refractivity contribution is 5.90. The van der Waals surface area contributed by atoms with Crippen molar-refractivity contribution < 1.29 is 19.1 Å². The van der Waals surface area contributed by atoms with E-state index in [1.165, 1.54) is 0 Å². The Kier molecular flexibility index (Phi) is 10.7. The summed E-state index contributed by atoms with van der Waals surface area (Å²) in [5.41, 5.74) is 10.5. The van der Waals surface area contributed by atoms with Gasteiger partial charge in [0.05, 0.1) is 16.8 Å². The van der Waals surface area contributed by atoms with E-state index in [4.69, 9.17) is 9.47 Å². The molecule has 0 aliphatic rings. The Bertz CT molecular complexity index is 1630. The standard InChI is InChI=1S/C40H40N2O4/c1-28-17-29(2)20-36(19-28)39(43)45-26-34-12-8-32(9-13-34)23-42(25-38-7-5-6-16-41-38)24-33-10-14-35(15-11-33)27-46-40(44)37-21-30(3)18-31(4)22-37/h5-22H,23-27H2,1-4H3. The lowest BCUT2D eigenvalue weighted by atomic mass is 10.1. The first-order valence-corrected chi connectivity index (χ1v) is 15.5. The smallest absolute Gasteiger partial charge is 0.338 e. The molecule has 0 unspecified atom stereocenters. The van der Waals surface area contributed by atoms with Crippen molar-refractivity contribution in [3.63, 3.8) is 0 Å². The Hall–Kier alpha value is -5.07. The summed E-state index contributed by atoms with van der Waals surface area (Å²) >= 11 is 0. The van der Waals surface area contributed by atoms with Crippen LogP contribution in [0.4, 0.5) is 0 Å². The van der Waals surface area contributed by atoms with Crippen LogP contribution in [0.1, 0.15) is 70.9 Å². The topological polar surface area (TPSA) is 68.7 Å². The number of hydrogen-bond acceptors (Lipinski definition) is 6. The molecule has 0 saturated carbocycles. The van der Waals surface area contributed by atoms with Crippen LogP contribution in [0.25, 0.3) is 0 Å². The van der Waals surface area contributed by atoms with Gasteiger partial charge in [-0.15, -0.1) is 0 Å². The van der Waals surface area contributed by atoms with E-state index in [-0.39, 0.29) is 25.2 Å². The van der Waals surface area contributed by atoms with Crippen molar-refractivity contribution >= 4 is 11.9 Å². The van der Waals surface area contributed by atoms with Crippen molar-refractivity contribution in [1.82, 2.24) is 9.88 Å². The highest BCUT2D eigenvalue weighted by atomic mass is 16.5. The van der Waals surface area contributed by atoms with Gasteiger partial charge in [-0.3, -0.25) is 9.88 Å². The zero-order chi connectivity index (χ0) is 32.5. The van der Waals surface area contributed by atoms with E-state index in [1.54, 1.807) is 0 Å². The number of aromatic nitrogens is 1. The lowest BCUT2D eigenvalue weighted by molar-refractivity contribution is 0.0464. The van der Waals surface area contributed by atoms with Gasteiger partial charge in [-0.2, -0.15) is 0 Å². The van der Waals surface area contributed by atoms with E-state index in [1.807, 2.05) is 113 Å². The van der Waals surface area contributed by atoms with E-state index in [0.717, 1.165) is 50.2 Å². The average Bonchev–Trinajstić information content (AvgIpc) is 3.03. The normalized spacial score (nSPS) is 11.0. The number of benzene rings is 4. The maximum Gasteiger partial charge on any atom is 0.338 e. The molecule has 0 atom stereocenters. The third kappa shape index (κ3) is 9.46. The van der Waals surface area contributed by atoms with Crippen LogP contribution in [0.3, 0.4) is 0 Å². The Balaban J connectivity index is 1.19. The van der Waals surface area contributed by atoms with E-state index >= 15 is 0 Å². The van der Waals surface area contributed by atoms with Gasteiger partial charge in [-0.05, 0) is 86.3 Å². The lowest BCUT2D eigenvalue weighted by Crippen LogP contribution is -2.23.